The predicted octanol–water partition coefficient (Wildman–Crippen LogP) is 3.87. The van der Waals surface area contributed by atoms with E-state index in [-0.39, 0.29) is 5.91 Å². The fourth-order valence-electron chi connectivity index (χ4n) is 4.94. The first kappa shape index (κ1) is 21.5. The van der Waals surface area contributed by atoms with Gasteiger partial charge in [0.2, 0.25) is 0 Å². The summed E-state index contributed by atoms with van der Waals surface area (Å²) in [6.45, 7) is 3.82. The molecule has 1 aromatic heterocycles. The van der Waals surface area contributed by atoms with Gasteiger partial charge in [0.25, 0.3) is 5.91 Å². The van der Waals surface area contributed by atoms with Gasteiger partial charge in [-0.15, -0.1) is 0 Å². The van der Waals surface area contributed by atoms with E-state index in [4.69, 9.17) is 14.6 Å². The van der Waals surface area contributed by atoms with Crippen molar-refractivity contribution in [3.05, 3.63) is 60.3 Å². The van der Waals surface area contributed by atoms with Crippen LogP contribution in [0, 0.1) is 0 Å². The van der Waals surface area contributed by atoms with Gasteiger partial charge in [0.05, 0.1) is 25.5 Å². The van der Waals surface area contributed by atoms with Crippen molar-refractivity contribution in [3.8, 4) is 28.4 Å². The van der Waals surface area contributed by atoms with E-state index in [1.807, 2.05) is 59.6 Å². The highest BCUT2D eigenvalue weighted by Gasteiger charge is 2.34. The van der Waals surface area contributed by atoms with E-state index in [1.54, 1.807) is 18.9 Å². The lowest BCUT2D eigenvalue weighted by atomic mass is 10.1. The second kappa shape index (κ2) is 9.27. The van der Waals surface area contributed by atoms with E-state index >= 15 is 0 Å². The Bertz CT molecular complexity index is 1120. The Morgan fingerprint density at radius 2 is 1.79 bits per heavy atom. The van der Waals surface area contributed by atoms with Crippen molar-refractivity contribution in [2.24, 2.45) is 0 Å². The zero-order valence-corrected chi connectivity index (χ0v) is 19.2. The van der Waals surface area contributed by atoms with Crippen LogP contribution >= 0.6 is 0 Å². The van der Waals surface area contributed by atoms with Gasteiger partial charge in [0.15, 0.2) is 0 Å². The Morgan fingerprint density at radius 3 is 2.52 bits per heavy atom. The summed E-state index contributed by atoms with van der Waals surface area (Å²) in [4.78, 5) is 18.3. The fraction of sp³-hybridized carbons (Fsp3) is 0.385. The average Bonchev–Trinajstić information content (AvgIpc) is 3.64. The monoisotopic (exact) mass is 446 g/mol. The maximum absolute atomic E-state index is 13.8. The van der Waals surface area contributed by atoms with Crippen molar-refractivity contribution < 1.29 is 14.3 Å². The molecule has 1 amide bonds. The van der Waals surface area contributed by atoms with E-state index in [0.717, 1.165) is 43.9 Å². The summed E-state index contributed by atoms with van der Waals surface area (Å²) < 4.78 is 12.8. The third-order valence-electron chi connectivity index (χ3n) is 6.73. The van der Waals surface area contributed by atoms with Crippen LogP contribution < -0.4 is 9.47 Å². The Labute approximate surface area is 194 Å². The molecule has 7 nitrogen and oxygen atoms in total. The molecule has 2 fully saturated rings. The number of aromatic nitrogens is 2. The second-order valence-electron chi connectivity index (χ2n) is 8.67. The molecular formula is C26H30N4O3. The Balaban J connectivity index is 1.54. The summed E-state index contributed by atoms with van der Waals surface area (Å²) in [5, 5.41) is 4.85. The minimum Gasteiger partial charge on any atom is -0.497 e. The van der Waals surface area contributed by atoms with Gasteiger partial charge in [-0.25, -0.2) is 4.68 Å². The third kappa shape index (κ3) is 4.20. The highest BCUT2D eigenvalue weighted by atomic mass is 16.5. The first-order valence-electron chi connectivity index (χ1n) is 11.6. The highest BCUT2D eigenvalue weighted by Crippen LogP contribution is 2.36. The number of para-hydroxylation sites is 1. The van der Waals surface area contributed by atoms with Crippen LogP contribution in [0.2, 0.25) is 0 Å². The van der Waals surface area contributed by atoms with Crippen molar-refractivity contribution in [3.63, 3.8) is 0 Å². The van der Waals surface area contributed by atoms with Crippen LogP contribution in [0.4, 0.5) is 0 Å². The first-order valence-corrected chi connectivity index (χ1v) is 11.6. The molecule has 0 radical (unpaired) electrons. The molecular weight excluding hydrogens is 416 g/mol. The van der Waals surface area contributed by atoms with Gasteiger partial charge in [-0.05, 0) is 62.7 Å². The van der Waals surface area contributed by atoms with Gasteiger partial charge in [-0.3, -0.25) is 9.69 Å². The van der Waals surface area contributed by atoms with Crippen molar-refractivity contribution in [2.75, 3.05) is 40.4 Å². The maximum Gasteiger partial charge on any atom is 0.257 e. The second-order valence-corrected chi connectivity index (χ2v) is 8.67. The molecule has 0 saturated carbocycles. The minimum atomic E-state index is 0.0127. The lowest BCUT2D eigenvalue weighted by Gasteiger charge is -2.23. The van der Waals surface area contributed by atoms with E-state index < -0.39 is 0 Å². The molecule has 1 unspecified atom stereocenters. The van der Waals surface area contributed by atoms with Crippen molar-refractivity contribution in [1.82, 2.24) is 19.6 Å². The molecule has 2 aliphatic rings. The van der Waals surface area contributed by atoms with Crippen molar-refractivity contribution >= 4 is 5.91 Å². The number of likely N-dealkylation sites (tertiary alicyclic amines) is 2. The number of benzene rings is 2. The average molecular weight is 447 g/mol. The smallest absolute Gasteiger partial charge is 0.257 e. The summed E-state index contributed by atoms with van der Waals surface area (Å²) in [5.41, 5.74) is 2.82. The summed E-state index contributed by atoms with van der Waals surface area (Å²) in [7, 11) is 3.26. The molecule has 3 heterocycles. The van der Waals surface area contributed by atoms with E-state index in [9.17, 15) is 4.79 Å². The lowest BCUT2D eigenvalue weighted by molar-refractivity contribution is 0.0781. The number of carbonyl (C=O) groups is 1. The fourth-order valence-corrected chi connectivity index (χ4v) is 4.94. The molecule has 2 saturated heterocycles. The standard InChI is InChI=1S/C26H30N4O3/c1-32-21-10-11-24(33-2)22(16-21)25-23(18-30(27-25)19-8-4-3-5-9-19)26(31)29-15-12-20(17-29)28-13-6-7-14-28/h3-5,8-11,16,18,20H,6-7,12-15,17H2,1-2H3. The molecule has 2 aromatic carbocycles. The van der Waals surface area contributed by atoms with Crippen LogP contribution in [-0.2, 0) is 0 Å². The lowest BCUT2D eigenvalue weighted by Crippen LogP contribution is -2.37. The highest BCUT2D eigenvalue weighted by molar-refractivity contribution is 6.00. The van der Waals surface area contributed by atoms with Gasteiger partial charge in [-0.2, -0.15) is 5.10 Å². The molecule has 2 aliphatic heterocycles. The molecule has 0 spiro atoms. The quantitative estimate of drug-likeness (QED) is 0.575. The van der Waals surface area contributed by atoms with Gasteiger partial charge in [0, 0.05) is 30.9 Å². The van der Waals surface area contributed by atoms with Gasteiger partial charge < -0.3 is 14.4 Å². The normalized spacial score (nSPS) is 18.6. The maximum atomic E-state index is 13.8. The number of hydrogen-bond donors (Lipinski definition) is 0. The van der Waals surface area contributed by atoms with Crippen molar-refractivity contribution in [1.29, 1.82) is 0 Å². The topological polar surface area (TPSA) is 59.8 Å². The Hall–Kier alpha value is -3.32. The molecule has 7 heteroatoms. The SMILES string of the molecule is COc1ccc(OC)c(-c2nn(-c3ccccc3)cc2C(=O)N2CCC(N3CCCC3)C2)c1. The molecule has 5 rings (SSSR count). The van der Waals surface area contributed by atoms with E-state index in [2.05, 4.69) is 4.90 Å². The summed E-state index contributed by atoms with van der Waals surface area (Å²) in [6.07, 6.45) is 5.38. The van der Waals surface area contributed by atoms with E-state index in [0.29, 0.717) is 28.8 Å². The van der Waals surface area contributed by atoms with Crippen LogP contribution in [-0.4, -0.2) is 71.9 Å². The number of hydrogen-bond acceptors (Lipinski definition) is 5. The van der Waals surface area contributed by atoms with Gasteiger partial charge in [-0.1, -0.05) is 18.2 Å². The molecule has 33 heavy (non-hydrogen) atoms. The van der Waals surface area contributed by atoms with Crippen LogP contribution in [0.3, 0.4) is 0 Å². The number of ether oxygens (including phenoxy) is 2. The molecule has 1 atom stereocenters. The molecule has 0 bridgehead atoms. The van der Waals surface area contributed by atoms with Crippen LogP contribution in [0.15, 0.2) is 54.7 Å². The van der Waals surface area contributed by atoms with Gasteiger partial charge >= 0.3 is 0 Å². The summed E-state index contributed by atoms with van der Waals surface area (Å²) in [5.74, 6) is 1.35. The third-order valence-corrected chi connectivity index (χ3v) is 6.73. The number of nitrogens with zero attached hydrogens (tertiary/aromatic N) is 4. The largest absolute Gasteiger partial charge is 0.497 e. The molecule has 0 aliphatic carbocycles. The zero-order chi connectivity index (χ0) is 22.8. The Morgan fingerprint density at radius 1 is 1.00 bits per heavy atom. The van der Waals surface area contributed by atoms with Crippen molar-refractivity contribution in [2.45, 2.75) is 25.3 Å². The first-order chi connectivity index (χ1) is 16.2. The molecule has 3 aromatic rings. The summed E-state index contributed by atoms with van der Waals surface area (Å²) in [6, 6.07) is 15.9. The van der Waals surface area contributed by atoms with E-state index in [1.165, 1.54) is 12.8 Å². The minimum absolute atomic E-state index is 0.0127. The van der Waals surface area contributed by atoms with Crippen LogP contribution in [0.5, 0.6) is 11.5 Å². The van der Waals surface area contributed by atoms with Crippen LogP contribution in [0.25, 0.3) is 16.9 Å². The number of rotatable bonds is 6. The summed E-state index contributed by atoms with van der Waals surface area (Å²) >= 11 is 0. The predicted molar refractivity (Wildman–Crippen MR) is 127 cm³/mol. The number of amides is 1. The Kier molecular flexibility index (Phi) is 6.05. The number of carbonyl (C=O) groups excluding carboxylic acids is 1. The van der Waals surface area contributed by atoms with Gasteiger partial charge in [0.1, 0.15) is 17.2 Å². The van der Waals surface area contributed by atoms with Crippen LogP contribution in [0.1, 0.15) is 29.6 Å². The molecule has 172 valence electrons. The number of methoxy groups -OCH3 is 2. The zero-order valence-electron chi connectivity index (χ0n) is 19.2. The molecule has 0 N–H and O–H groups in total.